The van der Waals surface area contributed by atoms with Crippen LogP contribution in [0.25, 0.3) is 0 Å². The van der Waals surface area contributed by atoms with Crippen LogP contribution in [-0.4, -0.2) is 0 Å². The van der Waals surface area contributed by atoms with Crippen molar-refractivity contribution in [2.75, 3.05) is 0 Å². The molecule has 0 bridgehead atoms. The van der Waals surface area contributed by atoms with Gasteiger partial charge in [0.15, 0.2) is 0 Å². The molecule has 1 atom stereocenters. The SMILES string of the molecule is Cc1ccc(CC(Br)c2ccc(Br)c(F)c2)cc1. The molecular weight excluding hydrogens is 359 g/mol. The number of halogens is 3. The molecule has 0 saturated heterocycles. The predicted octanol–water partition coefficient (Wildman–Crippen LogP) is 5.58. The minimum Gasteiger partial charge on any atom is -0.206 e. The summed E-state index contributed by atoms with van der Waals surface area (Å²) in [6.07, 6.45) is 0.849. The maximum absolute atomic E-state index is 13.5. The highest BCUT2D eigenvalue weighted by Crippen LogP contribution is 2.29. The third-order valence-corrected chi connectivity index (χ3v) is 4.34. The van der Waals surface area contributed by atoms with Gasteiger partial charge in [-0.25, -0.2) is 4.39 Å². The van der Waals surface area contributed by atoms with Crippen LogP contribution in [0.2, 0.25) is 0 Å². The number of hydrogen-bond acceptors (Lipinski definition) is 0. The van der Waals surface area contributed by atoms with Crippen LogP contribution < -0.4 is 0 Å². The molecule has 0 N–H and O–H groups in total. The minimum atomic E-state index is -0.221. The van der Waals surface area contributed by atoms with E-state index < -0.39 is 0 Å². The van der Waals surface area contributed by atoms with Crippen LogP contribution in [0.4, 0.5) is 4.39 Å². The van der Waals surface area contributed by atoms with Gasteiger partial charge in [0, 0.05) is 4.83 Å². The van der Waals surface area contributed by atoms with Crippen molar-refractivity contribution in [3.05, 3.63) is 69.4 Å². The first-order valence-electron chi connectivity index (χ1n) is 5.71. The monoisotopic (exact) mass is 370 g/mol. The first-order valence-corrected chi connectivity index (χ1v) is 7.41. The van der Waals surface area contributed by atoms with Crippen LogP contribution in [-0.2, 0) is 6.42 Å². The van der Waals surface area contributed by atoms with Gasteiger partial charge in [-0.3, -0.25) is 0 Å². The third kappa shape index (κ3) is 3.42. The Labute approximate surface area is 123 Å². The highest BCUT2D eigenvalue weighted by Gasteiger charge is 2.10. The summed E-state index contributed by atoms with van der Waals surface area (Å²) in [7, 11) is 0. The summed E-state index contributed by atoms with van der Waals surface area (Å²) < 4.78 is 14.0. The van der Waals surface area contributed by atoms with E-state index in [1.165, 1.54) is 11.1 Å². The Kier molecular flexibility index (Phi) is 4.57. The molecule has 0 aliphatic rings. The second kappa shape index (κ2) is 5.98. The van der Waals surface area contributed by atoms with Crippen molar-refractivity contribution in [3.8, 4) is 0 Å². The number of rotatable bonds is 3. The molecule has 0 saturated carbocycles. The zero-order chi connectivity index (χ0) is 13.1. The fourth-order valence-corrected chi connectivity index (χ4v) is 2.66. The van der Waals surface area contributed by atoms with E-state index in [1.54, 1.807) is 12.1 Å². The van der Waals surface area contributed by atoms with Crippen molar-refractivity contribution in [2.45, 2.75) is 18.2 Å². The molecular formula is C15H13Br2F. The molecule has 2 aromatic carbocycles. The summed E-state index contributed by atoms with van der Waals surface area (Å²) in [4.78, 5) is 0.128. The Bertz CT molecular complexity index is 535. The minimum absolute atomic E-state index is 0.128. The fourth-order valence-electron chi connectivity index (χ4n) is 1.76. The zero-order valence-corrected chi connectivity index (χ0v) is 13.1. The maximum atomic E-state index is 13.5. The highest BCUT2D eigenvalue weighted by atomic mass is 79.9. The van der Waals surface area contributed by atoms with Gasteiger partial charge in [-0.05, 0) is 52.5 Å². The smallest absolute Gasteiger partial charge is 0.137 e. The van der Waals surface area contributed by atoms with E-state index in [1.807, 2.05) is 6.07 Å². The highest BCUT2D eigenvalue weighted by molar-refractivity contribution is 9.10. The Hall–Kier alpha value is -0.670. The quantitative estimate of drug-likeness (QED) is 0.618. The molecule has 0 aliphatic carbocycles. The standard InChI is InChI=1S/C15H13Br2F/c1-10-2-4-11(5-3-10)8-14(17)12-6-7-13(16)15(18)9-12/h2-7,9,14H,8H2,1H3. The molecule has 0 fully saturated rings. The van der Waals surface area contributed by atoms with Gasteiger partial charge in [0.2, 0.25) is 0 Å². The van der Waals surface area contributed by atoms with Gasteiger partial charge in [0.1, 0.15) is 5.82 Å². The molecule has 0 radical (unpaired) electrons. The lowest BCUT2D eigenvalue weighted by Crippen LogP contribution is -1.96. The van der Waals surface area contributed by atoms with Crippen molar-refractivity contribution >= 4 is 31.9 Å². The topological polar surface area (TPSA) is 0 Å². The van der Waals surface area contributed by atoms with Crippen LogP contribution in [0, 0.1) is 12.7 Å². The molecule has 3 heteroatoms. The molecule has 0 heterocycles. The molecule has 18 heavy (non-hydrogen) atoms. The Morgan fingerprint density at radius 2 is 1.78 bits per heavy atom. The number of alkyl halides is 1. The maximum Gasteiger partial charge on any atom is 0.137 e. The molecule has 94 valence electrons. The van der Waals surface area contributed by atoms with Crippen LogP contribution in [0.15, 0.2) is 46.9 Å². The van der Waals surface area contributed by atoms with Crippen LogP contribution >= 0.6 is 31.9 Å². The lowest BCUT2D eigenvalue weighted by Gasteiger charge is -2.11. The first-order chi connectivity index (χ1) is 8.56. The molecule has 0 aliphatic heterocycles. The number of benzene rings is 2. The number of hydrogen-bond donors (Lipinski definition) is 0. The van der Waals surface area contributed by atoms with E-state index in [0.29, 0.717) is 4.47 Å². The van der Waals surface area contributed by atoms with Gasteiger partial charge in [-0.15, -0.1) is 0 Å². The van der Waals surface area contributed by atoms with Gasteiger partial charge >= 0.3 is 0 Å². The summed E-state index contributed by atoms with van der Waals surface area (Å²) in [5.41, 5.74) is 3.45. The first kappa shape index (κ1) is 13.8. The molecule has 2 aromatic rings. The third-order valence-electron chi connectivity index (χ3n) is 2.84. The second-order valence-corrected chi connectivity index (χ2v) is 6.29. The van der Waals surface area contributed by atoms with Crippen molar-refractivity contribution in [1.82, 2.24) is 0 Å². The predicted molar refractivity (Wildman–Crippen MR) is 80.7 cm³/mol. The van der Waals surface area contributed by atoms with Crippen LogP contribution in [0.3, 0.4) is 0 Å². The van der Waals surface area contributed by atoms with E-state index >= 15 is 0 Å². The van der Waals surface area contributed by atoms with Gasteiger partial charge in [-0.1, -0.05) is 51.8 Å². The molecule has 0 aromatic heterocycles. The largest absolute Gasteiger partial charge is 0.206 e. The Morgan fingerprint density at radius 1 is 1.11 bits per heavy atom. The number of aryl methyl sites for hydroxylation is 1. The lowest BCUT2D eigenvalue weighted by molar-refractivity contribution is 0.618. The summed E-state index contributed by atoms with van der Waals surface area (Å²) in [6, 6.07) is 13.7. The second-order valence-electron chi connectivity index (χ2n) is 4.33. The normalized spacial score (nSPS) is 12.4. The summed E-state index contributed by atoms with van der Waals surface area (Å²) >= 11 is 6.78. The Balaban J connectivity index is 2.13. The molecule has 0 amide bonds. The van der Waals surface area contributed by atoms with Gasteiger partial charge < -0.3 is 0 Å². The van der Waals surface area contributed by atoms with E-state index in [4.69, 9.17) is 0 Å². The van der Waals surface area contributed by atoms with Crippen molar-refractivity contribution < 1.29 is 4.39 Å². The molecule has 1 unspecified atom stereocenters. The van der Waals surface area contributed by atoms with Gasteiger partial charge in [0.25, 0.3) is 0 Å². The van der Waals surface area contributed by atoms with E-state index in [0.717, 1.165) is 12.0 Å². The summed E-state index contributed by atoms with van der Waals surface area (Å²) in [6.45, 7) is 2.07. The molecule has 0 spiro atoms. The Morgan fingerprint density at radius 3 is 2.39 bits per heavy atom. The average Bonchev–Trinajstić information content (AvgIpc) is 2.35. The summed E-state index contributed by atoms with van der Waals surface area (Å²) in [5.74, 6) is -0.221. The van der Waals surface area contributed by atoms with Crippen LogP contribution in [0.5, 0.6) is 0 Å². The van der Waals surface area contributed by atoms with Crippen LogP contribution in [0.1, 0.15) is 21.5 Å². The average molecular weight is 372 g/mol. The molecule has 0 nitrogen and oxygen atoms in total. The summed E-state index contributed by atoms with van der Waals surface area (Å²) in [5, 5.41) is 0. The zero-order valence-electron chi connectivity index (χ0n) is 9.96. The van der Waals surface area contributed by atoms with Crippen molar-refractivity contribution in [1.29, 1.82) is 0 Å². The van der Waals surface area contributed by atoms with Crippen molar-refractivity contribution in [3.63, 3.8) is 0 Å². The van der Waals surface area contributed by atoms with Gasteiger partial charge in [0.05, 0.1) is 4.47 Å². The fraction of sp³-hybridized carbons (Fsp3) is 0.200. The van der Waals surface area contributed by atoms with E-state index in [-0.39, 0.29) is 10.6 Å². The van der Waals surface area contributed by atoms with Gasteiger partial charge in [-0.2, -0.15) is 0 Å². The molecule has 2 rings (SSSR count). The lowest BCUT2D eigenvalue weighted by atomic mass is 10.0. The van der Waals surface area contributed by atoms with E-state index in [9.17, 15) is 4.39 Å². The van der Waals surface area contributed by atoms with E-state index in [2.05, 4.69) is 63.0 Å². The van der Waals surface area contributed by atoms with Crippen molar-refractivity contribution in [2.24, 2.45) is 0 Å².